The van der Waals surface area contributed by atoms with Crippen LogP contribution >= 0.6 is 0 Å². The van der Waals surface area contributed by atoms with Gasteiger partial charge in [0.05, 0.1) is 6.10 Å². The molecule has 0 aromatic heterocycles. The molecule has 0 aliphatic rings. The standard InChI is InChI=1S/C15H14O2/c1-3-10-17-15-13(11(2)16)9-8-12-6-4-5-7-14(12)15/h1,4-9,11,16H,10H2,2H3/t11-/m0/s1. The molecule has 0 saturated carbocycles. The van der Waals surface area contributed by atoms with Crippen LogP contribution in [0.1, 0.15) is 18.6 Å². The van der Waals surface area contributed by atoms with Crippen molar-refractivity contribution in [2.24, 2.45) is 0 Å². The molecule has 0 radical (unpaired) electrons. The highest BCUT2D eigenvalue weighted by Crippen LogP contribution is 2.33. The predicted molar refractivity (Wildman–Crippen MR) is 68.9 cm³/mol. The molecular formula is C15H14O2. The fourth-order valence-electron chi connectivity index (χ4n) is 1.86. The maximum absolute atomic E-state index is 9.73. The van der Waals surface area contributed by atoms with Gasteiger partial charge >= 0.3 is 0 Å². The SMILES string of the molecule is C#CCOc1c([C@H](C)O)ccc2ccccc12. The Hall–Kier alpha value is -1.98. The Kier molecular flexibility index (Phi) is 3.32. The van der Waals surface area contributed by atoms with Crippen LogP contribution in [0.15, 0.2) is 36.4 Å². The van der Waals surface area contributed by atoms with E-state index in [2.05, 4.69) is 5.92 Å². The van der Waals surface area contributed by atoms with E-state index in [1.165, 1.54) is 0 Å². The summed E-state index contributed by atoms with van der Waals surface area (Å²) in [7, 11) is 0. The number of hydrogen-bond acceptors (Lipinski definition) is 2. The van der Waals surface area contributed by atoms with Gasteiger partial charge in [0.15, 0.2) is 0 Å². The number of rotatable bonds is 3. The second-order valence-corrected chi connectivity index (χ2v) is 3.87. The van der Waals surface area contributed by atoms with Crippen LogP contribution in [0, 0.1) is 12.3 Å². The Morgan fingerprint density at radius 1 is 1.29 bits per heavy atom. The molecule has 0 saturated heterocycles. The molecule has 0 aliphatic carbocycles. The summed E-state index contributed by atoms with van der Waals surface area (Å²) in [5, 5.41) is 11.8. The Balaban J connectivity index is 2.62. The molecule has 2 nitrogen and oxygen atoms in total. The molecule has 86 valence electrons. The van der Waals surface area contributed by atoms with Crippen LogP contribution in [0.2, 0.25) is 0 Å². The second kappa shape index (κ2) is 4.90. The number of aliphatic hydroxyl groups excluding tert-OH is 1. The van der Waals surface area contributed by atoms with Crippen LogP contribution in [-0.4, -0.2) is 11.7 Å². The third kappa shape index (κ3) is 2.25. The summed E-state index contributed by atoms with van der Waals surface area (Å²) in [6.45, 7) is 1.92. The summed E-state index contributed by atoms with van der Waals surface area (Å²) in [5.41, 5.74) is 0.763. The molecule has 0 fully saturated rings. The molecule has 1 N–H and O–H groups in total. The van der Waals surface area contributed by atoms with Gasteiger partial charge in [-0.2, -0.15) is 0 Å². The number of benzene rings is 2. The Bertz CT molecular complexity index is 565. The van der Waals surface area contributed by atoms with Crippen LogP contribution in [-0.2, 0) is 0 Å². The van der Waals surface area contributed by atoms with Crippen molar-refractivity contribution in [3.05, 3.63) is 42.0 Å². The van der Waals surface area contributed by atoms with Gasteiger partial charge in [0.1, 0.15) is 12.4 Å². The third-order valence-corrected chi connectivity index (χ3v) is 2.66. The lowest BCUT2D eigenvalue weighted by molar-refractivity contribution is 0.193. The summed E-state index contributed by atoms with van der Waals surface area (Å²) >= 11 is 0. The van der Waals surface area contributed by atoms with Crippen molar-refractivity contribution in [3.63, 3.8) is 0 Å². The van der Waals surface area contributed by atoms with E-state index in [0.29, 0.717) is 5.75 Å². The van der Waals surface area contributed by atoms with Crippen LogP contribution in [0.3, 0.4) is 0 Å². The monoisotopic (exact) mass is 226 g/mol. The first kappa shape index (κ1) is 11.5. The average Bonchev–Trinajstić information content (AvgIpc) is 2.35. The quantitative estimate of drug-likeness (QED) is 0.815. The molecule has 0 spiro atoms. The fourth-order valence-corrected chi connectivity index (χ4v) is 1.86. The van der Waals surface area contributed by atoms with E-state index >= 15 is 0 Å². The normalized spacial score (nSPS) is 12.1. The van der Waals surface area contributed by atoms with Crippen LogP contribution in [0.5, 0.6) is 5.75 Å². The summed E-state index contributed by atoms with van der Waals surface area (Å²) in [5.74, 6) is 3.12. The molecule has 2 aromatic rings. The van der Waals surface area contributed by atoms with E-state index < -0.39 is 6.10 Å². The second-order valence-electron chi connectivity index (χ2n) is 3.87. The van der Waals surface area contributed by atoms with Gasteiger partial charge in [-0.3, -0.25) is 0 Å². The highest BCUT2D eigenvalue weighted by atomic mass is 16.5. The molecule has 2 rings (SSSR count). The lowest BCUT2D eigenvalue weighted by Gasteiger charge is -2.14. The molecule has 0 unspecified atom stereocenters. The maximum atomic E-state index is 9.73. The van der Waals surface area contributed by atoms with Gasteiger partial charge in [-0.25, -0.2) is 0 Å². The van der Waals surface area contributed by atoms with Gasteiger partial charge in [-0.05, 0) is 12.3 Å². The fraction of sp³-hybridized carbons (Fsp3) is 0.200. The molecule has 1 atom stereocenters. The maximum Gasteiger partial charge on any atom is 0.148 e. The van der Waals surface area contributed by atoms with E-state index in [9.17, 15) is 5.11 Å². The van der Waals surface area contributed by atoms with Crippen molar-refractivity contribution in [1.29, 1.82) is 0 Å². The first-order chi connectivity index (χ1) is 8.24. The van der Waals surface area contributed by atoms with Crippen LogP contribution in [0.25, 0.3) is 10.8 Å². The highest BCUT2D eigenvalue weighted by molar-refractivity contribution is 5.89. The van der Waals surface area contributed by atoms with Crippen molar-refractivity contribution in [1.82, 2.24) is 0 Å². The number of hydrogen-bond donors (Lipinski definition) is 1. The summed E-state index contributed by atoms with van der Waals surface area (Å²) in [4.78, 5) is 0. The van der Waals surface area contributed by atoms with Crippen LogP contribution in [0.4, 0.5) is 0 Å². The average molecular weight is 226 g/mol. The van der Waals surface area contributed by atoms with Gasteiger partial charge in [0, 0.05) is 10.9 Å². The minimum absolute atomic E-state index is 0.202. The smallest absolute Gasteiger partial charge is 0.148 e. The number of ether oxygens (including phenoxy) is 1. The lowest BCUT2D eigenvalue weighted by atomic mass is 10.0. The van der Waals surface area contributed by atoms with Crippen LogP contribution < -0.4 is 4.74 Å². The zero-order valence-corrected chi connectivity index (χ0v) is 9.68. The molecule has 0 aliphatic heterocycles. The largest absolute Gasteiger partial charge is 0.480 e. The zero-order chi connectivity index (χ0) is 12.3. The van der Waals surface area contributed by atoms with E-state index in [-0.39, 0.29) is 6.61 Å². The summed E-state index contributed by atoms with van der Waals surface area (Å²) in [6, 6.07) is 11.7. The van der Waals surface area contributed by atoms with Crippen molar-refractivity contribution < 1.29 is 9.84 Å². The molecule has 17 heavy (non-hydrogen) atoms. The van der Waals surface area contributed by atoms with Crippen molar-refractivity contribution >= 4 is 10.8 Å². The summed E-state index contributed by atoms with van der Waals surface area (Å²) < 4.78 is 5.56. The molecule has 2 heteroatoms. The summed E-state index contributed by atoms with van der Waals surface area (Å²) in [6.07, 6.45) is 4.63. The molecule has 0 amide bonds. The van der Waals surface area contributed by atoms with Gasteiger partial charge in [-0.15, -0.1) is 6.42 Å². The van der Waals surface area contributed by atoms with Gasteiger partial charge < -0.3 is 9.84 Å². The van der Waals surface area contributed by atoms with E-state index in [4.69, 9.17) is 11.2 Å². The number of fused-ring (bicyclic) bond motifs is 1. The van der Waals surface area contributed by atoms with E-state index in [1.807, 2.05) is 36.4 Å². The minimum atomic E-state index is -0.576. The minimum Gasteiger partial charge on any atom is -0.480 e. The van der Waals surface area contributed by atoms with E-state index in [0.717, 1.165) is 16.3 Å². The Labute approximate surface area is 101 Å². The Morgan fingerprint density at radius 3 is 2.76 bits per heavy atom. The molecule has 0 heterocycles. The van der Waals surface area contributed by atoms with Gasteiger partial charge in [-0.1, -0.05) is 42.3 Å². The van der Waals surface area contributed by atoms with E-state index in [1.54, 1.807) is 6.92 Å². The number of aliphatic hydroxyl groups is 1. The molecule has 0 bridgehead atoms. The molecule has 2 aromatic carbocycles. The van der Waals surface area contributed by atoms with Crippen molar-refractivity contribution in [2.75, 3.05) is 6.61 Å². The zero-order valence-electron chi connectivity index (χ0n) is 9.68. The third-order valence-electron chi connectivity index (χ3n) is 2.66. The van der Waals surface area contributed by atoms with Gasteiger partial charge in [0.25, 0.3) is 0 Å². The Morgan fingerprint density at radius 2 is 2.06 bits per heavy atom. The molecular weight excluding hydrogens is 212 g/mol. The topological polar surface area (TPSA) is 29.5 Å². The van der Waals surface area contributed by atoms with Crippen molar-refractivity contribution in [3.8, 4) is 18.1 Å². The first-order valence-corrected chi connectivity index (χ1v) is 5.50. The van der Waals surface area contributed by atoms with Crippen molar-refractivity contribution in [2.45, 2.75) is 13.0 Å². The first-order valence-electron chi connectivity index (χ1n) is 5.50. The highest BCUT2D eigenvalue weighted by Gasteiger charge is 2.12. The van der Waals surface area contributed by atoms with Gasteiger partial charge in [0.2, 0.25) is 0 Å². The lowest BCUT2D eigenvalue weighted by Crippen LogP contribution is -2.01. The predicted octanol–water partition coefficient (Wildman–Crippen LogP) is 2.91. The number of terminal acetylenes is 1.